The van der Waals surface area contributed by atoms with Crippen LogP contribution in [0.3, 0.4) is 0 Å². The summed E-state index contributed by atoms with van der Waals surface area (Å²) < 4.78 is 27.2. The third-order valence-electron chi connectivity index (χ3n) is 13.1. The van der Waals surface area contributed by atoms with Gasteiger partial charge in [-0.2, -0.15) is 0 Å². The molecule has 2 saturated heterocycles. The summed E-state index contributed by atoms with van der Waals surface area (Å²) in [5.41, 5.74) is 8.85. The largest absolute Gasteiger partial charge is 0.399 e. The van der Waals surface area contributed by atoms with Crippen molar-refractivity contribution in [3.63, 3.8) is 0 Å². The molecule has 2 aromatic carbocycles. The minimum atomic E-state index is -0.462. The highest BCUT2D eigenvalue weighted by molar-refractivity contribution is 6.30. The number of aldehydes is 1. The standard InChI is InChI=1S/C23H26ClFN4O.C14H18ClN3O.C8H7FN2O/c24-18-12-26-23(27-13-18)29-6-4-15(5-7-29)19-10-16(19)3-1-2-14-8-17-11-21(30)28-22(17)20(25)9-14;15-12-8-16-14(17-9-12)18-4-1-10(2-5-18)13-7-11(13)3-6-19;9-6-3-5(10)1-4-2-7(12)11-8(4)6/h8-9,12-13,15-16,19H,1-7,10-11H2,(H,28,30);6,8-11,13H,1-5,7H2;1,3H,2,10H2,(H,11,12)/t16?,19-;11?,13-;/m11./s1. The van der Waals surface area contributed by atoms with E-state index in [-0.39, 0.29) is 29.7 Å². The van der Waals surface area contributed by atoms with Gasteiger partial charge in [-0.3, -0.25) is 9.59 Å². The number of piperidine rings is 2. The lowest BCUT2D eigenvalue weighted by Gasteiger charge is -2.32. The van der Waals surface area contributed by atoms with Crippen LogP contribution in [0.1, 0.15) is 74.5 Å². The Labute approximate surface area is 364 Å². The Morgan fingerprint density at radius 1 is 0.705 bits per heavy atom. The van der Waals surface area contributed by atoms with E-state index < -0.39 is 5.82 Å². The van der Waals surface area contributed by atoms with Crippen LogP contribution in [0.4, 0.5) is 37.7 Å². The number of fused-ring (bicyclic) bond motifs is 2. The minimum Gasteiger partial charge on any atom is -0.399 e. The predicted molar refractivity (Wildman–Crippen MR) is 233 cm³/mol. The van der Waals surface area contributed by atoms with E-state index in [9.17, 15) is 23.2 Å². The van der Waals surface area contributed by atoms with Gasteiger partial charge < -0.3 is 31.0 Å². The molecule has 10 rings (SSSR count). The number of carbonyl (C=O) groups excluding carboxylic acids is 3. The molecule has 2 unspecified atom stereocenters. The number of nitrogens with zero attached hydrogens (tertiary/aromatic N) is 6. The zero-order valence-corrected chi connectivity index (χ0v) is 35.5. The third-order valence-corrected chi connectivity index (χ3v) is 13.5. The summed E-state index contributed by atoms with van der Waals surface area (Å²) >= 11 is 11.7. The van der Waals surface area contributed by atoms with Gasteiger partial charge in [0.2, 0.25) is 23.7 Å². The highest BCUT2D eigenvalue weighted by Crippen LogP contribution is 2.51. The summed E-state index contributed by atoms with van der Waals surface area (Å²) in [7, 11) is 0. The van der Waals surface area contributed by atoms with Crippen LogP contribution in [-0.2, 0) is 33.6 Å². The molecule has 2 aliphatic carbocycles. The second-order valence-electron chi connectivity index (χ2n) is 17.3. The normalized spacial score (nSPS) is 22.8. The Morgan fingerprint density at radius 2 is 1.18 bits per heavy atom. The van der Waals surface area contributed by atoms with E-state index in [1.165, 1.54) is 51.0 Å². The zero-order valence-electron chi connectivity index (χ0n) is 34.0. The van der Waals surface area contributed by atoms with E-state index in [4.69, 9.17) is 28.9 Å². The average Bonchev–Trinajstić information content (AvgIpc) is 4.13. The second-order valence-corrected chi connectivity index (χ2v) is 18.1. The van der Waals surface area contributed by atoms with Gasteiger partial charge in [-0.1, -0.05) is 29.3 Å². The molecule has 4 aromatic rings. The first-order chi connectivity index (χ1) is 29.5. The zero-order chi connectivity index (χ0) is 42.6. The highest BCUT2D eigenvalue weighted by atomic mass is 35.5. The van der Waals surface area contributed by atoms with Crippen molar-refractivity contribution in [2.45, 2.75) is 77.0 Å². The molecule has 2 aromatic heterocycles. The van der Waals surface area contributed by atoms with Crippen molar-refractivity contribution in [3.8, 4) is 0 Å². The molecule has 4 atom stereocenters. The van der Waals surface area contributed by atoms with Crippen LogP contribution in [0.15, 0.2) is 49.1 Å². The number of nitrogens with one attached hydrogen (secondary N) is 2. The maximum Gasteiger partial charge on any atom is 0.228 e. The fourth-order valence-corrected chi connectivity index (χ4v) is 10.0. The monoisotopic (exact) mass is 873 g/mol. The molecule has 4 fully saturated rings. The van der Waals surface area contributed by atoms with Crippen molar-refractivity contribution in [2.75, 3.05) is 52.3 Å². The SMILES string of the molecule is Nc1cc(F)c2c(c1)CC(=O)N2.O=C1Cc2cc(CCCC3C[C@@H]3C3CCN(c4ncc(Cl)cn4)CC3)cc(F)c2N1.O=CCC1C[C@@H]1C1CCN(c2ncc(Cl)cn2)CC1. The van der Waals surface area contributed by atoms with Gasteiger partial charge in [0.05, 0.1) is 59.0 Å². The predicted octanol–water partition coefficient (Wildman–Crippen LogP) is 8.11. The number of benzene rings is 2. The summed E-state index contributed by atoms with van der Waals surface area (Å²) in [6, 6.07) is 6.39. The fraction of sp³-hybridized carbons (Fsp3) is 0.489. The molecule has 61 heavy (non-hydrogen) atoms. The van der Waals surface area contributed by atoms with Gasteiger partial charge in [-0.15, -0.1) is 0 Å². The van der Waals surface area contributed by atoms with E-state index in [0.29, 0.717) is 39.3 Å². The Kier molecular flexibility index (Phi) is 13.3. The van der Waals surface area contributed by atoms with Crippen molar-refractivity contribution < 1.29 is 23.2 Å². The summed E-state index contributed by atoms with van der Waals surface area (Å²) in [5.74, 6) is 5.20. The van der Waals surface area contributed by atoms with Gasteiger partial charge in [-0.05, 0) is 128 Å². The first-order valence-electron chi connectivity index (χ1n) is 21.4. The Bertz CT molecular complexity index is 2220. The number of hydrogen-bond donors (Lipinski definition) is 3. The van der Waals surface area contributed by atoms with Crippen LogP contribution >= 0.6 is 23.2 Å². The number of carbonyl (C=O) groups is 3. The van der Waals surface area contributed by atoms with E-state index in [2.05, 4.69) is 40.4 Å². The highest BCUT2D eigenvalue weighted by Gasteiger charge is 2.44. The minimum absolute atomic E-state index is 0.115. The molecule has 2 amide bonds. The molecule has 4 aliphatic heterocycles. The van der Waals surface area contributed by atoms with Crippen molar-refractivity contribution in [3.05, 3.63) is 87.4 Å². The molecular formula is C45H51Cl2F2N9O3. The van der Waals surface area contributed by atoms with Crippen molar-refractivity contribution in [1.29, 1.82) is 0 Å². The first-order valence-corrected chi connectivity index (χ1v) is 22.1. The summed E-state index contributed by atoms with van der Waals surface area (Å²) in [5, 5.41) is 6.18. The van der Waals surface area contributed by atoms with Crippen molar-refractivity contribution >= 4 is 70.3 Å². The first kappa shape index (κ1) is 42.7. The second kappa shape index (κ2) is 19.0. The number of amides is 2. The maximum absolute atomic E-state index is 14.2. The van der Waals surface area contributed by atoms with E-state index in [0.717, 1.165) is 104 Å². The summed E-state index contributed by atoms with van der Waals surface area (Å²) in [6.45, 7) is 4.04. The molecule has 0 bridgehead atoms. The topological polar surface area (TPSA) is 159 Å². The van der Waals surface area contributed by atoms with Crippen LogP contribution < -0.4 is 26.2 Å². The Morgan fingerprint density at radius 3 is 1.70 bits per heavy atom. The molecule has 12 nitrogen and oxygen atoms in total. The number of halogens is 4. The molecule has 6 aliphatic rings. The van der Waals surface area contributed by atoms with E-state index >= 15 is 0 Å². The van der Waals surface area contributed by atoms with Crippen molar-refractivity contribution in [1.82, 2.24) is 19.9 Å². The van der Waals surface area contributed by atoms with Crippen LogP contribution in [-0.4, -0.2) is 64.2 Å². The lowest BCUT2D eigenvalue weighted by molar-refractivity contribution is -0.115. The van der Waals surface area contributed by atoms with Gasteiger partial charge in [0.1, 0.15) is 17.9 Å². The smallest absolute Gasteiger partial charge is 0.228 e. The number of hydrogen-bond acceptors (Lipinski definition) is 10. The van der Waals surface area contributed by atoms with Crippen molar-refractivity contribution in [2.24, 2.45) is 35.5 Å². The van der Waals surface area contributed by atoms with E-state index in [1.54, 1.807) is 36.9 Å². The lowest BCUT2D eigenvalue weighted by atomic mass is 9.90. The molecule has 2 saturated carbocycles. The van der Waals surface area contributed by atoms with Gasteiger partial charge in [0.15, 0.2) is 0 Å². The maximum atomic E-state index is 14.2. The molecule has 16 heteroatoms. The molecule has 0 radical (unpaired) electrons. The van der Waals surface area contributed by atoms with Crippen LogP contribution in [0.25, 0.3) is 0 Å². The number of anilines is 5. The van der Waals surface area contributed by atoms with Crippen LogP contribution in [0, 0.1) is 47.1 Å². The number of rotatable bonds is 10. The lowest BCUT2D eigenvalue weighted by Crippen LogP contribution is -2.35. The number of aromatic nitrogens is 4. The quantitative estimate of drug-likeness (QED) is 0.105. The molecule has 4 N–H and O–H groups in total. The molecule has 0 spiro atoms. The van der Waals surface area contributed by atoms with Crippen LogP contribution in [0.2, 0.25) is 10.0 Å². The molecular weight excluding hydrogens is 823 g/mol. The number of nitrogen functional groups attached to an aromatic ring is 1. The van der Waals surface area contributed by atoms with Crippen LogP contribution in [0.5, 0.6) is 0 Å². The van der Waals surface area contributed by atoms with Gasteiger partial charge in [0.25, 0.3) is 0 Å². The third kappa shape index (κ3) is 10.7. The molecule has 322 valence electrons. The van der Waals surface area contributed by atoms with Gasteiger partial charge >= 0.3 is 0 Å². The van der Waals surface area contributed by atoms with Gasteiger partial charge in [-0.25, -0.2) is 28.7 Å². The Hall–Kier alpha value is -4.95. The average molecular weight is 875 g/mol. The fourth-order valence-electron chi connectivity index (χ4n) is 9.81. The summed E-state index contributed by atoms with van der Waals surface area (Å²) in [6.07, 6.45) is 19.5. The van der Waals surface area contributed by atoms with Gasteiger partial charge in [0, 0.05) is 38.3 Å². The number of nitrogens with two attached hydrogens (primary N) is 1. The number of aryl methyl sites for hydroxylation is 1. The molecule has 6 heterocycles. The van der Waals surface area contributed by atoms with E-state index in [1.807, 2.05) is 6.07 Å². The summed E-state index contributed by atoms with van der Waals surface area (Å²) in [4.78, 5) is 54.5. The Balaban J connectivity index is 0.000000141.